The van der Waals surface area contributed by atoms with Crippen LogP contribution in [0.3, 0.4) is 0 Å². The van der Waals surface area contributed by atoms with Crippen LogP contribution in [-0.4, -0.2) is 0 Å². The molecule has 0 spiro atoms. The highest BCUT2D eigenvalue weighted by Gasteiger charge is 2.21. The predicted octanol–water partition coefficient (Wildman–Crippen LogP) is 8.26. The maximum Gasteiger partial charge on any atom is 0.0314 e. The van der Waals surface area contributed by atoms with Crippen molar-refractivity contribution in [3.63, 3.8) is 0 Å². The maximum absolute atomic E-state index is 6.06. The zero-order valence-corrected chi connectivity index (χ0v) is 23.6. The summed E-state index contributed by atoms with van der Waals surface area (Å²) < 4.78 is 0. The zero-order valence-electron chi connectivity index (χ0n) is 23.6. The average Bonchev–Trinajstić information content (AvgIpc) is 3.00. The fourth-order valence-corrected chi connectivity index (χ4v) is 6.32. The number of allylic oxidation sites excluding steroid dienone is 5. The fraction of sp³-hybridized carbons (Fsp3) is 0.100. The summed E-state index contributed by atoms with van der Waals surface area (Å²) in [4.78, 5) is 0. The van der Waals surface area contributed by atoms with Crippen molar-refractivity contribution in [2.45, 2.75) is 26.2 Å². The monoisotopic (exact) mass is 527 g/mol. The van der Waals surface area contributed by atoms with Gasteiger partial charge in [0, 0.05) is 11.6 Å². The van der Waals surface area contributed by atoms with Gasteiger partial charge in [-0.05, 0) is 110 Å². The van der Waals surface area contributed by atoms with E-state index in [1.165, 1.54) is 60.2 Å². The van der Waals surface area contributed by atoms with Gasteiger partial charge in [-0.25, -0.2) is 0 Å². The summed E-state index contributed by atoms with van der Waals surface area (Å²) in [5.74, 6) is 2.96. The molecule has 0 bridgehead atoms. The van der Waals surface area contributed by atoms with Gasteiger partial charge in [-0.3, -0.25) is 0 Å². The number of fused-ring (bicyclic) bond motifs is 4. The second-order valence-corrected chi connectivity index (χ2v) is 10.6. The normalized spacial score (nSPS) is 19.6. The van der Waals surface area contributed by atoms with E-state index in [9.17, 15) is 0 Å². The van der Waals surface area contributed by atoms with Gasteiger partial charge >= 0.3 is 0 Å². The molecule has 1 aliphatic rings. The summed E-state index contributed by atoms with van der Waals surface area (Å²) in [6.07, 6.45) is 19.6. The number of hydrogen-bond acceptors (Lipinski definition) is 1. The van der Waals surface area contributed by atoms with Gasteiger partial charge in [0.25, 0.3) is 0 Å². The van der Waals surface area contributed by atoms with E-state index in [2.05, 4.69) is 129 Å². The molecule has 1 unspecified atom stereocenters. The van der Waals surface area contributed by atoms with Gasteiger partial charge in [0.15, 0.2) is 0 Å². The Kier molecular flexibility index (Phi) is 7.15. The molecule has 0 fully saturated rings. The van der Waals surface area contributed by atoms with E-state index < -0.39 is 0 Å². The summed E-state index contributed by atoms with van der Waals surface area (Å²) in [5.41, 5.74) is 14.3. The number of terminal acetylenes is 1. The number of rotatable bonds is 2. The van der Waals surface area contributed by atoms with Crippen LogP contribution >= 0.6 is 0 Å². The lowest BCUT2D eigenvalue weighted by Crippen LogP contribution is -2.26. The highest BCUT2D eigenvalue weighted by atomic mass is 14.5. The van der Waals surface area contributed by atoms with Gasteiger partial charge in [0.2, 0.25) is 0 Å². The van der Waals surface area contributed by atoms with E-state index in [4.69, 9.17) is 12.2 Å². The third-order valence-electron chi connectivity index (χ3n) is 8.21. The Balaban J connectivity index is 1.64. The van der Waals surface area contributed by atoms with E-state index in [0.29, 0.717) is 0 Å². The summed E-state index contributed by atoms with van der Waals surface area (Å²) >= 11 is 0. The SMILES string of the molecule is C#C/C=c1\c(=C/C)c2ccccc2c2cc(C3C\C=C/C=C\C(C)=C(/c4ccc(N)cc4)c4ccccc43)ccc12. The Morgan fingerprint density at radius 1 is 0.805 bits per heavy atom. The lowest BCUT2D eigenvalue weighted by atomic mass is 9.80. The van der Waals surface area contributed by atoms with Crippen molar-refractivity contribution in [1.82, 2.24) is 0 Å². The summed E-state index contributed by atoms with van der Waals surface area (Å²) in [6, 6.07) is 32.7. The first-order chi connectivity index (χ1) is 20.1. The molecule has 1 heteroatoms. The Labute approximate surface area is 242 Å². The van der Waals surface area contributed by atoms with E-state index in [-0.39, 0.29) is 5.92 Å². The van der Waals surface area contributed by atoms with Gasteiger partial charge in [-0.1, -0.05) is 109 Å². The smallest absolute Gasteiger partial charge is 0.0314 e. The van der Waals surface area contributed by atoms with Crippen molar-refractivity contribution < 1.29 is 0 Å². The lowest BCUT2D eigenvalue weighted by Gasteiger charge is -2.24. The molecule has 1 aliphatic carbocycles. The second-order valence-electron chi connectivity index (χ2n) is 10.6. The molecule has 0 aromatic heterocycles. The Bertz CT molecular complexity index is 2040. The minimum Gasteiger partial charge on any atom is -0.399 e. The van der Waals surface area contributed by atoms with Gasteiger partial charge in [0.05, 0.1) is 0 Å². The molecule has 2 N–H and O–H groups in total. The van der Waals surface area contributed by atoms with Crippen molar-refractivity contribution >= 4 is 45.0 Å². The van der Waals surface area contributed by atoms with Crippen LogP contribution < -0.4 is 16.2 Å². The molecule has 198 valence electrons. The first kappa shape index (κ1) is 26.2. The molecule has 1 nitrogen and oxygen atoms in total. The Morgan fingerprint density at radius 3 is 2.32 bits per heavy atom. The van der Waals surface area contributed by atoms with Crippen LogP contribution in [0.5, 0.6) is 0 Å². The van der Waals surface area contributed by atoms with E-state index >= 15 is 0 Å². The van der Waals surface area contributed by atoms with Gasteiger partial charge in [0.1, 0.15) is 0 Å². The molecule has 0 heterocycles. The Morgan fingerprint density at radius 2 is 1.54 bits per heavy atom. The summed E-state index contributed by atoms with van der Waals surface area (Å²) in [6.45, 7) is 4.28. The number of anilines is 1. The molecule has 0 radical (unpaired) electrons. The first-order valence-corrected chi connectivity index (χ1v) is 14.2. The van der Waals surface area contributed by atoms with Crippen LogP contribution in [0, 0.1) is 12.3 Å². The van der Waals surface area contributed by atoms with Crippen molar-refractivity contribution in [3.8, 4) is 12.3 Å². The summed E-state index contributed by atoms with van der Waals surface area (Å²) in [5, 5.41) is 7.18. The molecular formula is C40H33N. The molecule has 0 aliphatic heterocycles. The summed E-state index contributed by atoms with van der Waals surface area (Å²) in [7, 11) is 0. The number of nitrogens with two attached hydrogens (primary N) is 1. The van der Waals surface area contributed by atoms with Crippen LogP contribution in [-0.2, 0) is 0 Å². The molecule has 5 aromatic carbocycles. The van der Waals surface area contributed by atoms with Crippen molar-refractivity contribution in [2.24, 2.45) is 0 Å². The number of hydrogen-bond donors (Lipinski definition) is 1. The first-order valence-electron chi connectivity index (χ1n) is 14.2. The molecule has 6 rings (SSSR count). The van der Waals surface area contributed by atoms with Gasteiger partial charge in [-0.2, -0.15) is 0 Å². The van der Waals surface area contributed by atoms with Crippen LogP contribution in [0.25, 0.3) is 39.3 Å². The average molecular weight is 528 g/mol. The molecule has 5 aromatic rings. The standard InChI is InChI=1S/C40H33N/c1-4-13-33-31(5-2)34-16-9-10-18-36(34)39-26-29(22-25-37(33)39)32-15-8-6-7-14-27(3)40(28-20-23-30(41)24-21-28)38-19-12-11-17-35(32)38/h1,5-14,16-26,32H,15,41H2,2-3H3/b8-6-,14-7-,31-5+,33-13+,40-27+. The highest BCUT2D eigenvalue weighted by Crippen LogP contribution is 2.39. The molecular weight excluding hydrogens is 494 g/mol. The Hall–Kier alpha value is -5.06. The number of nitrogen functional groups attached to an aromatic ring is 1. The van der Waals surface area contributed by atoms with Crippen LogP contribution in [0.15, 0.2) is 121 Å². The topological polar surface area (TPSA) is 26.0 Å². The van der Waals surface area contributed by atoms with E-state index in [0.717, 1.165) is 17.3 Å². The predicted molar refractivity (Wildman–Crippen MR) is 178 cm³/mol. The van der Waals surface area contributed by atoms with Crippen LogP contribution in [0.4, 0.5) is 5.69 Å². The molecule has 0 saturated heterocycles. The molecule has 0 saturated carbocycles. The quantitative estimate of drug-likeness (QED) is 0.140. The highest BCUT2D eigenvalue weighted by molar-refractivity contribution is 6.08. The second kappa shape index (κ2) is 11.2. The van der Waals surface area contributed by atoms with Crippen LogP contribution in [0.2, 0.25) is 0 Å². The maximum atomic E-state index is 6.06. The third-order valence-corrected chi connectivity index (χ3v) is 8.21. The molecule has 41 heavy (non-hydrogen) atoms. The zero-order chi connectivity index (χ0) is 28.3. The minimum absolute atomic E-state index is 0.172. The van der Waals surface area contributed by atoms with Crippen molar-refractivity contribution in [1.29, 1.82) is 0 Å². The van der Waals surface area contributed by atoms with Crippen LogP contribution in [0.1, 0.15) is 48.4 Å². The largest absolute Gasteiger partial charge is 0.399 e. The minimum atomic E-state index is 0.172. The number of benzene rings is 5. The lowest BCUT2D eigenvalue weighted by molar-refractivity contribution is 0.827. The molecule has 0 amide bonds. The van der Waals surface area contributed by atoms with Gasteiger partial charge < -0.3 is 5.73 Å². The van der Waals surface area contributed by atoms with Crippen molar-refractivity contribution in [3.05, 3.63) is 154 Å². The van der Waals surface area contributed by atoms with E-state index in [1.54, 1.807) is 0 Å². The van der Waals surface area contributed by atoms with Gasteiger partial charge in [-0.15, -0.1) is 6.42 Å². The fourth-order valence-electron chi connectivity index (χ4n) is 6.32. The third kappa shape index (κ3) is 4.79. The molecule has 1 atom stereocenters. The van der Waals surface area contributed by atoms with Crippen molar-refractivity contribution in [2.75, 3.05) is 5.73 Å². The van der Waals surface area contributed by atoms with E-state index in [1.807, 2.05) is 18.2 Å².